The number of nitrogens with zero attached hydrogens (tertiary/aromatic N) is 2. The second-order valence-corrected chi connectivity index (χ2v) is 5.88. The molecule has 1 aromatic heterocycles. The number of rotatable bonds is 4. The van der Waals surface area contributed by atoms with Crippen molar-refractivity contribution in [3.05, 3.63) is 63.2 Å². The topological polar surface area (TPSA) is 68.1 Å². The zero-order valence-electron chi connectivity index (χ0n) is 10.7. The molecule has 0 aliphatic heterocycles. The quantitative estimate of drug-likeness (QED) is 0.569. The Labute approximate surface area is 129 Å². The number of nitro benzene ring substituents is 1. The third-order valence-corrected chi connectivity index (χ3v) is 4.13. The summed E-state index contributed by atoms with van der Waals surface area (Å²) in [7, 11) is 0. The number of fused-ring (bicyclic) bond motifs is 1. The van der Waals surface area contributed by atoms with Crippen LogP contribution in [0, 0.1) is 10.1 Å². The van der Waals surface area contributed by atoms with E-state index in [0.717, 1.165) is 20.9 Å². The van der Waals surface area contributed by atoms with Gasteiger partial charge in [0, 0.05) is 23.7 Å². The Balaban J connectivity index is 1.80. The van der Waals surface area contributed by atoms with Crippen LogP contribution in [-0.4, -0.2) is 9.91 Å². The summed E-state index contributed by atoms with van der Waals surface area (Å²) >= 11 is 7.33. The molecule has 0 saturated heterocycles. The number of hydrogen-bond donors (Lipinski definition) is 1. The molecule has 0 aliphatic carbocycles. The molecule has 0 bridgehead atoms. The lowest BCUT2D eigenvalue weighted by Gasteiger charge is -2.02. The van der Waals surface area contributed by atoms with E-state index in [4.69, 9.17) is 11.6 Å². The highest BCUT2D eigenvalue weighted by Gasteiger charge is 2.10. The highest BCUT2D eigenvalue weighted by atomic mass is 35.5. The Morgan fingerprint density at radius 1 is 1.29 bits per heavy atom. The molecule has 0 radical (unpaired) electrons. The van der Waals surface area contributed by atoms with Crippen LogP contribution in [0.15, 0.2) is 42.5 Å². The highest BCUT2D eigenvalue weighted by molar-refractivity contribution is 7.22. The smallest absolute Gasteiger partial charge is 0.270 e. The molecule has 5 nitrogen and oxygen atoms in total. The summed E-state index contributed by atoms with van der Waals surface area (Å²) in [4.78, 5) is 14.8. The zero-order chi connectivity index (χ0) is 14.8. The minimum atomic E-state index is -0.405. The first kappa shape index (κ1) is 13.8. The molecule has 21 heavy (non-hydrogen) atoms. The van der Waals surface area contributed by atoms with Gasteiger partial charge in [0.05, 0.1) is 15.1 Å². The van der Waals surface area contributed by atoms with Crippen molar-refractivity contribution < 1.29 is 4.92 Å². The summed E-state index contributed by atoms with van der Waals surface area (Å²) in [6.45, 7) is 0.600. The minimum Gasteiger partial charge on any atom is -0.357 e. The van der Waals surface area contributed by atoms with Crippen LogP contribution in [0.5, 0.6) is 0 Å². The SMILES string of the molecule is O=[N+]([O-])c1ccc2nc(NCc3cccc(Cl)c3)sc2c1. The molecular weight excluding hydrogens is 310 g/mol. The fourth-order valence-electron chi connectivity index (χ4n) is 1.93. The molecular formula is C14H10ClN3O2S. The molecule has 106 valence electrons. The second-order valence-electron chi connectivity index (χ2n) is 4.41. The number of nitrogens with one attached hydrogen (secondary N) is 1. The Hall–Kier alpha value is -2.18. The largest absolute Gasteiger partial charge is 0.357 e. The van der Waals surface area contributed by atoms with E-state index in [0.29, 0.717) is 11.6 Å². The maximum absolute atomic E-state index is 10.8. The number of halogens is 1. The van der Waals surface area contributed by atoms with E-state index in [-0.39, 0.29) is 5.69 Å². The van der Waals surface area contributed by atoms with Gasteiger partial charge in [-0.2, -0.15) is 0 Å². The summed E-state index contributed by atoms with van der Waals surface area (Å²) < 4.78 is 0.790. The van der Waals surface area contributed by atoms with Gasteiger partial charge in [-0.25, -0.2) is 4.98 Å². The van der Waals surface area contributed by atoms with Crippen LogP contribution >= 0.6 is 22.9 Å². The summed E-state index contributed by atoms with van der Waals surface area (Å²) in [5.41, 5.74) is 1.87. The lowest BCUT2D eigenvalue weighted by molar-refractivity contribution is -0.384. The third kappa shape index (κ3) is 3.12. The predicted octanol–water partition coefficient (Wildman–Crippen LogP) is 4.47. The molecule has 7 heteroatoms. The molecule has 0 atom stereocenters. The fraction of sp³-hybridized carbons (Fsp3) is 0.0714. The van der Waals surface area contributed by atoms with Gasteiger partial charge in [-0.05, 0) is 23.8 Å². The number of thiazole rings is 1. The molecule has 3 rings (SSSR count). The number of anilines is 1. The van der Waals surface area contributed by atoms with Crippen LogP contribution in [0.2, 0.25) is 5.02 Å². The molecule has 3 aromatic rings. The van der Waals surface area contributed by atoms with Crippen molar-refractivity contribution in [1.29, 1.82) is 0 Å². The summed E-state index contributed by atoms with van der Waals surface area (Å²) in [6, 6.07) is 12.2. The first-order chi connectivity index (χ1) is 10.1. The highest BCUT2D eigenvalue weighted by Crippen LogP contribution is 2.29. The normalized spacial score (nSPS) is 10.7. The molecule has 0 amide bonds. The maximum atomic E-state index is 10.8. The van der Waals surface area contributed by atoms with Crippen LogP contribution in [-0.2, 0) is 6.54 Å². The van der Waals surface area contributed by atoms with Crippen LogP contribution in [0.1, 0.15) is 5.56 Å². The predicted molar refractivity (Wildman–Crippen MR) is 85.1 cm³/mol. The Morgan fingerprint density at radius 2 is 2.14 bits per heavy atom. The number of non-ortho nitro benzene ring substituents is 1. The molecule has 0 saturated carbocycles. The number of hydrogen-bond acceptors (Lipinski definition) is 5. The third-order valence-electron chi connectivity index (χ3n) is 2.92. The van der Waals surface area contributed by atoms with Crippen LogP contribution in [0.25, 0.3) is 10.2 Å². The second kappa shape index (κ2) is 5.67. The Bertz CT molecular complexity index is 819. The van der Waals surface area contributed by atoms with E-state index in [2.05, 4.69) is 10.3 Å². The molecule has 0 spiro atoms. The summed E-state index contributed by atoms with van der Waals surface area (Å²) in [5.74, 6) is 0. The Kier molecular flexibility index (Phi) is 3.72. The maximum Gasteiger partial charge on any atom is 0.270 e. The van der Waals surface area contributed by atoms with E-state index < -0.39 is 4.92 Å². The lowest BCUT2D eigenvalue weighted by Crippen LogP contribution is -1.98. The van der Waals surface area contributed by atoms with Crippen molar-refractivity contribution in [1.82, 2.24) is 4.98 Å². The number of nitro groups is 1. The molecule has 1 heterocycles. The fourth-order valence-corrected chi connectivity index (χ4v) is 3.03. The molecule has 1 N–H and O–H groups in total. The van der Waals surface area contributed by atoms with Gasteiger partial charge in [0.2, 0.25) is 0 Å². The summed E-state index contributed by atoms with van der Waals surface area (Å²) in [5, 5.41) is 15.4. The van der Waals surface area contributed by atoms with E-state index in [1.165, 1.54) is 23.5 Å². The average Bonchev–Trinajstić information content (AvgIpc) is 2.87. The number of aromatic nitrogens is 1. The first-order valence-corrected chi connectivity index (χ1v) is 7.34. The van der Waals surface area contributed by atoms with E-state index in [9.17, 15) is 10.1 Å². The first-order valence-electron chi connectivity index (χ1n) is 6.15. The van der Waals surface area contributed by atoms with Gasteiger partial charge in [0.1, 0.15) is 0 Å². The molecule has 2 aromatic carbocycles. The monoisotopic (exact) mass is 319 g/mol. The molecule has 0 aliphatic rings. The van der Waals surface area contributed by atoms with Gasteiger partial charge in [0.25, 0.3) is 5.69 Å². The van der Waals surface area contributed by atoms with E-state index >= 15 is 0 Å². The van der Waals surface area contributed by atoms with Crippen molar-refractivity contribution in [3.63, 3.8) is 0 Å². The number of benzene rings is 2. The average molecular weight is 320 g/mol. The minimum absolute atomic E-state index is 0.0764. The van der Waals surface area contributed by atoms with Crippen molar-refractivity contribution in [2.75, 3.05) is 5.32 Å². The van der Waals surface area contributed by atoms with Gasteiger partial charge in [0.15, 0.2) is 5.13 Å². The van der Waals surface area contributed by atoms with Gasteiger partial charge in [-0.1, -0.05) is 35.1 Å². The van der Waals surface area contributed by atoms with E-state index in [1.54, 1.807) is 6.07 Å². The van der Waals surface area contributed by atoms with Crippen molar-refractivity contribution in [2.24, 2.45) is 0 Å². The van der Waals surface area contributed by atoms with Crippen LogP contribution in [0.4, 0.5) is 10.8 Å². The molecule has 0 fully saturated rings. The zero-order valence-corrected chi connectivity index (χ0v) is 12.3. The standard InChI is InChI=1S/C14H10ClN3O2S/c15-10-3-1-2-9(6-10)8-16-14-17-12-5-4-11(18(19)20)7-13(12)21-14/h1-7H,8H2,(H,16,17). The van der Waals surface area contributed by atoms with Gasteiger partial charge < -0.3 is 5.32 Å². The van der Waals surface area contributed by atoms with Crippen LogP contribution < -0.4 is 5.32 Å². The van der Waals surface area contributed by atoms with Crippen molar-refractivity contribution >= 4 is 44.0 Å². The van der Waals surface area contributed by atoms with Crippen molar-refractivity contribution in [3.8, 4) is 0 Å². The summed E-state index contributed by atoms with van der Waals surface area (Å²) in [6.07, 6.45) is 0. The van der Waals surface area contributed by atoms with Crippen LogP contribution in [0.3, 0.4) is 0 Å². The van der Waals surface area contributed by atoms with Gasteiger partial charge in [-0.15, -0.1) is 0 Å². The van der Waals surface area contributed by atoms with Gasteiger partial charge >= 0.3 is 0 Å². The molecule has 0 unspecified atom stereocenters. The lowest BCUT2D eigenvalue weighted by atomic mass is 10.2. The van der Waals surface area contributed by atoms with E-state index in [1.807, 2.05) is 24.3 Å². The van der Waals surface area contributed by atoms with Gasteiger partial charge in [-0.3, -0.25) is 10.1 Å². The van der Waals surface area contributed by atoms with Crippen molar-refractivity contribution in [2.45, 2.75) is 6.54 Å². The Morgan fingerprint density at radius 3 is 2.90 bits per heavy atom.